The van der Waals surface area contributed by atoms with Crippen molar-refractivity contribution in [2.45, 2.75) is 36.8 Å². The standard InChI is InChI=1S/C26H28N2O6/c1-28(26(11-12-26)24(30)31)23(29)22-16(10-13-33-22)14-27-25(32)34-15-21-19-8-4-2-6-17(19)18-7-3-5-9-20(18)21/h2-9,16,21-22H,10-15H2,1H3,(H,27,32)(H,30,31)/t16-,22-/m0/s1. The van der Waals surface area contributed by atoms with E-state index >= 15 is 0 Å². The van der Waals surface area contributed by atoms with Gasteiger partial charge in [0.2, 0.25) is 0 Å². The van der Waals surface area contributed by atoms with E-state index in [4.69, 9.17) is 9.47 Å². The van der Waals surface area contributed by atoms with E-state index < -0.39 is 23.7 Å². The zero-order valence-corrected chi connectivity index (χ0v) is 19.0. The monoisotopic (exact) mass is 464 g/mol. The molecule has 3 aliphatic rings. The summed E-state index contributed by atoms with van der Waals surface area (Å²) in [7, 11) is 1.52. The highest BCUT2D eigenvalue weighted by Crippen LogP contribution is 2.44. The lowest BCUT2D eigenvalue weighted by Crippen LogP contribution is -2.51. The molecule has 0 unspecified atom stereocenters. The number of aliphatic carboxylic acids is 1. The highest BCUT2D eigenvalue weighted by atomic mass is 16.5. The lowest BCUT2D eigenvalue weighted by Gasteiger charge is -2.29. The van der Waals surface area contributed by atoms with E-state index in [1.807, 2.05) is 24.3 Å². The Hall–Kier alpha value is -3.39. The van der Waals surface area contributed by atoms with Crippen LogP contribution >= 0.6 is 0 Å². The second kappa shape index (κ2) is 8.76. The van der Waals surface area contributed by atoms with Crippen molar-refractivity contribution >= 4 is 18.0 Å². The van der Waals surface area contributed by atoms with E-state index in [1.165, 1.54) is 11.9 Å². The average molecular weight is 465 g/mol. The molecule has 2 N–H and O–H groups in total. The Bertz CT molecular complexity index is 1080. The lowest BCUT2D eigenvalue weighted by molar-refractivity contribution is -0.156. The molecule has 8 heteroatoms. The third-order valence-corrected chi connectivity index (χ3v) is 7.40. The summed E-state index contributed by atoms with van der Waals surface area (Å²) in [6.07, 6.45) is 0.182. The fraction of sp³-hybridized carbons (Fsp3) is 0.423. The molecule has 0 spiro atoms. The molecule has 2 atom stereocenters. The molecule has 2 aromatic carbocycles. The van der Waals surface area contributed by atoms with Gasteiger partial charge in [0.05, 0.1) is 0 Å². The summed E-state index contributed by atoms with van der Waals surface area (Å²) >= 11 is 0. The van der Waals surface area contributed by atoms with Gasteiger partial charge in [0.1, 0.15) is 18.2 Å². The molecule has 1 aliphatic heterocycles. The summed E-state index contributed by atoms with van der Waals surface area (Å²) in [6.45, 7) is 0.829. The van der Waals surface area contributed by atoms with Gasteiger partial charge in [0, 0.05) is 32.0 Å². The van der Waals surface area contributed by atoms with Crippen molar-refractivity contribution in [1.29, 1.82) is 0 Å². The van der Waals surface area contributed by atoms with Gasteiger partial charge >= 0.3 is 12.1 Å². The predicted molar refractivity (Wildman–Crippen MR) is 123 cm³/mol. The highest BCUT2D eigenvalue weighted by Gasteiger charge is 2.57. The molecule has 2 fully saturated rings. The van der Waals surface area contributed by atoms with Gasteiger partial charge in [-0.2, -0.15) is 0 Å². The smallest absolute Gasteiger partial charge is 0.407 e. The lowest BCUT2D eigenvalue weighted by atomic mass is 9.98. The zero-order valence-electron chi connectivity index (χ0n) is 19.0. The van der Waals surface area contributed by atoms with Crippen LogP contribution in [0.2, 0.25) is 0 Å². The number of nitrogens with zero attached hydrogens (tertiary/aromatic N) is 1. The van der Waals surface area contributed by atoms with Gasteiger partial charge in [0.15, 0.2) is 0 Å². The minimum Gasteiger partial charge on any atom is -0.479 e. The van der Waals surface area contributed by atoms with Gasteiger partial charge < -0.3 is 24.8 Å². The van der Waals surface area contributed by atoms with Crippen LogP contribution in [0.15, 0.2) is 48.5 Å². The van der Waals surface area contributed by atoms with E-state index in [2.05, 4.69) is 29.6 Å². The fourth-order valence-electron chi connectivity index (χ4n) is 5.19. The van der Waals surface area contributed by atoms with Crippen LogP contribution in [-0.2, 0) is 19.1 Å². The number of fused-ring (bicyclic) bond motifs is 3. The normalized spacial score (nSPS) is 21.9. The second-order valence-electron chi connectivity index (χ2n) is 9.28. The van der Waals surface area contributed by atoms with Gasteiger partial charge in [-0.3, -0.25) is 4.79 Å². The van der Waals surface area contributed by atoms with Crippen molar-refractivity contribution < 1.29 is 29.0 Å². The minimum atomic E-state index is -1.12. The topological polar surface area (TPSA) is 105 Å². The van der Waals surface area contributed by atoms with E-state index in [0.29, 0.717) is 25.9 Å². The van der Waals surface area contributed by atoms with E-state index in [1.54, 1.807) is 0 Å². The molecule has 34 heavy (non-hydrogen) atoms. The molecule has 0 radical (unpaired) electrons. The number of benzene rings is 2. The first-order valence-electron chi connectivity index (χ1n) is 11.6. The molecule has 1 heterocycles. The summed E-state index contributed by atoms with van der Waals surface area (Å²) in [5.74, 6) is -1.60. The van der Waals surface area contributed by atoms with Crippen molar-refractivity contribution in [2.24, 2.45) is 5.92 Å². The summed E-state index contributed by atoms with van der Waals surface area (Å²) < 4.78 is 11.2. The first kappa shape index (κ1) is 22.4. The van der Waals surface area contributed by atoms with Crippen LogP contribution < -0.4 is 5.32 Å². The maximum absolute atomic E-state index is 12.9. The highest BCUT2D eigenvalue weighted by molar-refractivity contribution is 5.91. The maximum Gasteiger partial charge on any atom is 0.407 e. The van der Waals surface area contributed by atoms with Gasteiger partial charge in [-0.1, -0.05) is 48.5 Å². The number of carboxylic acid groups (broad SMARTS) is 1. The summed E-state index contributed by atoms with van der Waals surface area (Å²) in [5, 5.41) is 12.2. The predicted octanol–water partition coefficient (Wildman–Crippen LogP) is 3.01. The average Bonchev–Trinajstić information content (AvgIpc) is 3.43. The number of nitrogens with one attached hydrogen (secondary N) is 1. The molecular formula is C26H28N2O6. The number of carbonyl (C=O) groups is 3. The molecule has 1 saturated heterocycles. The van der Waals surface area contributed by atoms with Crippen molar-refractivity contribution in [2.75, 3.05) is 26.8 Å². The molecule has 2 aromatic rings. The minimum absolute atomic E-state index is 0.0262. The summed E-state index contributed by atoms with van der Waals surface area (Å²) in [5.41, 5.74) is 3.49. The molecule has 178 valence electrons. The van der Waals surface area contributed by atoms with Crippen LogP contribution in [0.1, 0.15) is 36.3 Å². The molecule has 2 aliphatic carbocycles. The molecule has 8 nitrogen and oxygen atoms in total. The number of amides is 2. The summed E-state index contributed by atoms with van der Waals surface area (Å²) in [4.78, 5) is 38.3. The van der Waals surface area contributed by atoms with Gasteiger partial charge in [0.25, 0.3) is 5.91 Å². The summed E-state index contributed by atoms with van der Waals surface area (Å²) in [6, 6.07) is 16.3. The SMILES string of the molecule is CN(C(=O)[C@H]1OCC[C@H]1CNC(=O)OCC1c2ccccc2-c2ccccc21)C1(C(=O)O)CC1. The molecule has 0 aromatic heterocycles. The Labute approximate surface area is 197 Å². The van der Waals surface area contributed by atoms with Crippen molar-refractivity contribution in [3.8, 4) is 11.1 Å². The number of rotatable bonds is 7. The van der Waals surface area contributed by atoms with Crippen LogP contribution in [-0.4, -0.2) is 66.4 Å². The van der Waals surface area contributed by atoms with Crippen molar-refractivity contribution in [1.82, 2.24) is 10.2 Å². The third kappa shape index (κ3) is 3.81. The van der Waals surface area contributed by atoms with Gasteiger partial charge in [-0.25, -0.2) is 9.59 Å². The quantitative estimate of drug-likeness (QED) is 0.653. The Morgan fingerprint density at radius 2 is 1.71 bits per heavy atom. The molecular weight excluding hydrogens is 436 g/mol. The maximum atomic E-state index is 12.9. The van der Waals surface area contributed by atoms with Crippen LogP contribution in [0.25, 0.3) is 11.1 Å². The van der Waals surface area contributed by atoms with Crippen LogP contribution in [0.5, 0.6) is 0 Å². The first-order chi connectivity index (χ1) is 16.4. The largest absolute Gasteiger partial charge is 0.479 e. The van der Waals surface area contributed by atoms with Crippen LogP contribution in [0, 0.1) is 5.92 Å². The number of ether oxygens (including phenoxy) is 2. The fourth-order valence-corrected chi connectivity index (χ4v) is 5.19. The van der Waals surface area contributed by atoms with Crippen molar-refractivity contribution in [3.05, 3.63) is 59.7 Å². The van der Waals surface area contributed by atoms with Crippen LogP contribution in [0.3, 0.4) is 0 Å². The molecule has 5 rings (SSSR count). The number of likely N-dealkylation sites (N-methyl/N-ethyl adjacent to an activating group) is 1. The van der Waals surface area contributed by atoms with Crippen molar-refractivity contribution in [3.63, 3.8) is 0 Å². The van der Waals surface area contributed by atoms with E-state index in [-0.39, 0.29) is 30.9 Å². The molecule has 1 saturated carbocycles. The Morgan fingerprint density at radius 3 is 2.29 bits per heavy atom. The number of hydrogen-bond acceptors (Lipinski definition) is 5. The Kier molecular flexibility index (Phi) is 5.77. The second-order valence-corrected chi connectivity index (χ2v) is 9.28. The number of carboxylic acids is 1. The first-order valence-corrected chi connectivity index (χ1v) is 11.6. The van der Waals surface area contributed by atoms with Gasteiger partial charge in [-0.15, -0.1) is 0 Å². The molecule has 0 bridgehead atoms. The third-order valence-electron chi connectivity index (χ3n) is 7.40. The van der Waals surface area contributed by atoms with E-state index in [9.17, 15) is 19.5 Å². The Balaban J connectivity index is 1.17. The van der Waals surface area contributed by atoms with E-state index in [0.717, 1.165) is 22.3 Å². The Morgan fingerprint density at radius 1 is 1.09 bits per heavy atom. The van der Waals surface area contributed by atoms with Crippen LogP contribution in [0.4, 0.5) is 4.79 Å². The number of alkyl carbamates (subject to hydrolysis) is 1. The number of hydrogen-bond donors (Lipinski definition) is 2. The number of carbonyl (C=O) groups excluding carboxylic acids is 2. The van der Waals surface area contributed by atoms with Gasteiger partial charge in [-0.05, 0) is 41.5 Å². The molecule has 2 amide bonds. The zero-order chi connectivity index (χ0) is 23.9.